The van der Waals surface area contributed by atoms with E-state index in [1.54, 1.807) is 46.7 Å². The van der Waals surface area contributed by atoms with Gasteiger partial charge in [-0.1, -0.05) is 200 Å². The fourth-order valence-electron chi connectivity index (χ4n) is 7.07. The van der Waals surface area contributed by atoms with Gasteiger partial charge in [0.15, 0.2) is 0 Å². The molecule has 8 rings (SSSR count). The van der Waals surface area contributed by atoms with E-state index in [1.807, 2.05) is 24.3 Å². The van der Waals surface area contributed by atoms with Gasteiger partial charge in [-0.3, -0.25) is 24.3 Å². The third-order valence-corrected chi connectivity index (χ3v) is 9.40. The van der Waals surface area contributed by atoms with E-state index in [0.717, 1.165) is 0 Å². The van der Waals surface area contributed by atoms with Gasteiger partial charge in [0.05, 0.1) is 0 Å². The Morgan fingerprint density at radius 3 is 0.597 bits per heavy atom. The molecular weight excluding hydrogens is 982 g/mol. The van der Waals surface area contributed by atoms with Gasteiger partial charge in [-0.2, -0.15) is 46.6 Å². The van der Waals surface area contributed by atoms with Gasteiger partial charge in [-0.25, -0.2) is 22.3 Å². The summed E-state index contributed by atoms with van der Waals surface area (Å²) < 4.78 is 0. The zero-order chi connectivity index (χ0) is 44.2. The monoisotopic (exact) mass is 1040 g/mol. The molecule has 4 aliphatic rings. The number of hydrogen-bond donors (Lipinski definition) is 0. The first-order valence-corrected chi connectivity index (χ1v) is 33.5. The van der Waals surface area contributed by atoms with Gasteiger partial charge in [0, 0.05) is 0 Å². The molecule has 62 heavy (non-hydrogen) atoms. The third-order valence-electron chi connectivity index (χ3n) is 9.40. The van der Waals surface area contributed by atoms with Crippen LogP contribution in [0.2, 0.25) is 26.2 Å². The summed E-state index contributed by atoms with van der Waals surface area (Å²) in [4.78, 5) is 0. The Kier molecular flexibility index (Phi) is 28.5. The van der Waals surface area contributed by atoms with Crippen LogP contribution >= 0.6 is 0 Å². The Bertz CT molecular complexity index is 1940. The fraction of sp³-hybridized carbons (Fsp3) is 0.286. The predicted octanol–water partition coefficient (Wildman–Crippen LogP) is 9.45. The summed E-state index contributed by atoms with van der Waals surface area (Å²) in [7, 11) is 0. The zero-order valence-electron chi connectivity index (χ0n) is 38.9. The average molecular weight is 1050 g/mol. The molecule has 4 aromatic rings. The second-order valence-electron chi connectivity index (χ2n) is 16.0. The minimum absolute atomic E-state index is 0. The van der Waals surface area contributed by atoms with Crippen molar-refractivity contribution >= 4 is 33.2 Å². The second-order valence-corrected chi connectivity index (χ2v) is 34.8. The average Bonchev–Trinajstić information content (AvgIpc) is 3.96. The standard InChI is InChI=1S/4C13H13.2C2H6Si.2ClH.2Zr/c4*1-10-8-11(2)13(9-10)12-6-4-3-5-7-12;2*1-3-2;;;;/h4*3-7,9-10H,1-2H3;2*1-2H3;2*1H;;/q4*-1;;;;;2*+2/p-2. The number of rotatable bonds is 4. The van der Waals surface area contributed by atoms with E-state index in [4.69, 9.17) is 0 Å². The molecule has 0 saturated heterocycles. The van der Waals surface area contributed by atoms with Gasteiger partial charge in [-0.15, -0.1) is 22.3 Å². The first-order valence-electron chi connectivity index (χ1n) is 21.1. The van der Waals surface area contributed by atoms with Crippen molar-refractivity contribution < 1.29 is 71.5 Å². The van der Waals surface area contributed by atoms with Gasteiger partial charge < -0.3 is 24.8 Å². The Labute approximate surface area is 420 Å². The summed E-state index contributed by atoms with van der Waals surface area (Å²) in [6.45, 7) is 26.4. The summed E-state index contributed by atoms with van der Waals surface area (Å²) in [5, 5.41) is 0. The van der Waals surface area contributed by atoms with Crippen molar-refractivity contribution in [1.82, 2.24) is 0 Å². The Balaban J connectivity index is 0.000000386. The van der Waals surface area contributed by atoms with Crippen LogP contribution in [0.5, 0.6) is 0 Å². The maximum Gasteiger partial charge on any atom is -1.00 e. The molecule has 4 unspecified atom stereocenters. The van der Waals surface area contributed by atoms with Crippen LogP contribution in [0.3, 0.4) is 0 Å². The third kappa shape index (κ3) is 21.0. The minimum Gasteiger partial charge on any atom is -1.00 e. The molecule has 0 N–H and O–H groups in total. The van der Waals surface area contributed by atoms with Gasteiger partial charge in [0.2, 0.25) is 0 Å². The normalized spacial score (nSPS) is 18.7. The summed E-state index contributed by atoms with van der Waals surface area (Å²) in [6, 6.07) is 42.0. The minimum atomic E-state index is 0. The van der Waals surface area contributed by atoms with Crippen molar-refractivity contribution in [3.8, 4) is 0 Å². The zero-order valence-corrected chi connectivity index (χ0v) is 47.3. The van der Waals surface area contributed by atoms with Crippen molar-refractivity contribution in [2.45, 2.75) is 81.6 Å². The van der Waals surface area contributed by atoms with E-state index in [2.05, 4.69) is 227 Å². The molecule has 0 aliphatic heterocycles. The van der Waals surface area contributed by atoms with Crippen LogP contribution in [0.4, 0.5) is 0 Å². The molecule has 0 aromatic heterocycles. The Hall–Kier alpha value is -2.42. The summed E-state index contributed by atoms with van der Waals surface area (Å²) in [5.74, 6) is 1.87. The topological polar surface area (TPSA) is 0 Å². The largest absolute Gasteiger partial charge is 1.00 e. The molecule has 0 saturated carbocycles. The van der Waals surface area contributed by atoms with Crippen LogP contribution in [0, 0.1) is 48.0 Å². The van der Waals surface area contributed by atoms with E-state index in [-0.39, 0.29) is 35.7 Å². The van der Waals surface area contributed by atoms with E-state index in [9.17, 15) is 0 Å². The van der Waals surface area contributed by atoms with E-state index in [0.29, 0.717) is 23.7 Å². The Morgan fingerprint density at radius 1 is 0.339 bits per heavy atom. The molecule has 0 radical (unpaired) electrons. The number of halogens is 2. The van der Waals surface area contributed by atoms with Crippen LogP contribution < -0.4 is 24.8 Å². The number of allylic oxidation sites excluding steroid dienone is 16. The van der Waals surface area contributed by atoms with Crippen LogP contribution in [-0.4, -0.2) is 10.9 Å². The van der Waals surface area contributed by atoms with Crippen molar-refractivity contribution in [2.75, 3.05) is 0 Å². The van der Waals surface area contributed by atoms with Crippen LogP contribution in [0.25, 0.3) is 22.3 Å². The first-order chi connectivity index (χ1) is 28.5. The van der Waals surface area contributed by atoms with Crippen molar-refractivity contribution in [1.29, 1.82) is 0 Å². The molecule has 0 bridgehead atoms. The van der Waals surface area contributed by atoms with Crippen LogP contribution in [0.1, 0.15) is 77.6 Å². The predicted molar refractivity (Wildman–Crippen MR) is 259 cm³/mol. The van der Waals surface area contributed by atoms with E-state index < -0.39 is 0 Å². The smallest absolute Gasteiger partial charge is 1.00 e. The quantitative estimate of drug-likeness (QED) is 0.141. The van der Waals surface area contributed by atoms with Crippen molar-refractivity contribution in [2.24, 2.45) is 23.7 Å². The number of benzene rings is 4. The molecule has 4 aliphatic carbocycles. The molecule has 0 heterocycles. The summed E-state index contributed by atoms with van der Waals surface area (Å²) >= 11 is 3.48. The summed E-state index contributed by atoms with van der Waals surface area (Å²) in [5.41, 5.74) is 16.1. The van der Waals surface area contributed by atoms with Crippen LogP contribution in [0.15, 0.2) is 168 Å². The molecule has 0 spiro atoms. The maximum absolute atomic E-state index is 3.39. The molecule has 4 atom stereocenters. The van der Waals surface area contributed by atoms with Gasteiger partial charge in [-0.05, 0) is 0 Å². The van der Waals surface area contributed by atoms with E-state index >= 15 is 0 Å². The van der Waals surface area contributed by atoms with Crippen molar-refractivity contribution in [3.05, 3.63) is 214 Å². The van der Waals surface area contributed by atoms with Crippen LogP contribution in [-0.2, 0) is 46.7 Å². The van der Waals surface area contributed by atoms with Gasteiger partial charge in [0.25, 0.3) is 0 Å². The van der Waals surface area contributed by atoms with E-state index in [1.165, 1.54) is 66.8 Å². The second kappa shape index (κ2) is 30.7. The van der Waals surface area contributed by atoms with Gasteiger partial charge in [0.1, 0.15) is 0 Å². The molecule has 320 valence electrons. The van der Waals surface area contributed by atoms with Gasteiger partial charge >= 0.3 is 83.7 Å². The SMILES string of the molecule is CC1=[C-]C(C)C=C1c1ccccc1.CC1=[C-]C(C)C=C1c1ccccc1.CC1=[C-]C(C)C=C1c1ccccc1.CC1=[C-]C(C)C=C1c1ccccc1.C[Si](C)=[Zr+2].C[Si](C)=[Zr+2].[Cl-].[Cl-]. The molecule has 0 amide bonds. The molecule has 6 heteroatoms. The first kappa shape index (κ1) is 57.6. The molecule has 0 fully saturated rings. The summed E-state index contributed by atoms with van der Waals surface area (Å²) in [6.07, 6.45) is 22.6. The number of hydrogen-bond acceptors (Lipinski definition) is 0. The van der Waals surface area contributed by atoms with Crippen molar-refractivity contribution in [3.63, 3.8) is 0 Å². The maximum atomic E-state index is 3.39. The Morgan fingerprint density at radius 2 is 0.484 bits per heavy atom. The molecule has 0 nitrogen and oxygen atoms in total. The fourth-order valence-corrected chi connectivity index (χ4v) is 7.07. The molecule has 4 aromatic carbocycles. The molecular formula is C56H64Cl2Si2Zr2-2.